The van der Waals surface area contributed by atoms with E-state index in [9.17, 15) is 4.79 Å². The van der Waals surface area contributed by atoms with Gasteiger partial charge in [-0.25, -0.2) is 9.97 Å². The molecule has 0 unspecified atom stereocenters. The van der Waals surface area contributed by atoms with Gasteiger partial charge < -0.3 is 10.2 Å². The van der Waals surface area contributed by atoms with E-state index >= 15 is 0 Å². The summed E-state index contributed by atoms with van der Waals surface area (Å²) in [6.45, 7) is 4.40. The Labute approximate surface area is 136 Å². The van der Waals surface area contributed by atoms with Crippen LogP contribution in [0.25, 0.3) is 0 Å². The number of benzene rings is 1. The van der Waals surface area contributed by atoms with Crippen LogP contribution in [0.4, 0.5) is 5.82 Å². The predicted molar refractivity (Wildman–Crippen MR) is 90.3 cm³/mol. The lowest BCUT2D eigenvalue weighted by Crippen LogP contribution is -2.36. The van der Waals surface area contributed by atoms with E-state index in [2.05, 4.69) is 34.3 Å². The van der Waals surface area contributed by atoms with Gasteiger partial charge >= 0.3 is 0 Å². The number of nitrogens with one attached hydrogen (secondary N) is 1. The Morgan fingerprint density at radius 1 is 1.22 bits per heavy atom. The maximum Gasteiger partial charge on any atom is 0.274 e. The molecule has 120 valence electrons. The molecule has 23 heavy (non-hydrogen) atoms. The van der Waals surface area contributed by atoms with Gasteiger partial charge in [0.05, 0.1) is 12.4 Å². The van der Waals surface area contributed by atoms with Crippen LogP contribution in [0.3, 0.4) is 0 Å². The van der Waals surface area contributed by atoms with E-state index in [1.54, 1.807) is 12.4 Å². The smallest absolute Gasteiger partial charge is 0.274 e. The van der Waals surface area contributed by atoms with Gasteiger partial charge in [0.1, 0.15) is 11.5 Å². The van der Waals surface area contributed by atoms with Crippen LogP contribution in [0.15, 0.2) is 36.7 Å². The molecule has 2 heterocycles. The van der Waals surface area contributed by atoms with Crippen molar-refractivity contribution in [2.24, 2.45) is 0 Å². The van der Waals surface area contributed by atoms with Gasteiger partial charge in [0.25, 0.3) is 5.91 Å². The lowest BCUT2D eigenvalue weighted by atomic mass is 10.00. The van der Waals surface area contributed by atoms with Gasteiger partial charge in [0.15, 0.2) is 0 Å². The van der Waals surface area contributed by atoms with E-state index < -0.39 is 0 Å². The molecule has 5 nitrogen and oxygen atoms in total. The molecule has 1 N–H and O–H groups in total. The van der Waals surface area contributed by atoms with E-state index in [1.807, 2.05) is 17.0 Å². The van der Waals surface area contributed by atoms with E-state index in [0.29, 0.717) is 12.2 Å². The average molecular weight is 310 g/mol. The number of aromatic nitrogens is 2. The molecule has 1 aliphatic rings. The van der Waals surface area contributed by atoms with Crippen LogP contribution >= 0.6 is 0 Å². The highest BCUT2D eigenvalue weighted by Gasteiger charge is 2.22. The third-order valence-corrected chi connectivity index (χ3v) is 4.13. The second-order valence-electron chi connectivity index (χ2n) is 5.81. The highest BCUT2D eigenvalue weighted by atomic mass is 16.2. The van der Waals surface area contributed by atoms with E-state index in [-0.39, 0.29) is 5.91 Å². The van der Waals surface area contributed by atoms with Crippen molar-refractivity contribution in [3.05, 3.63) is 53.5 Å². The van der Waals surface area contributed by atoms with E-state index in [0.717, 1.165) is 38.2 Å². The molecule has 1 aliphatic heterocycles. The van der Waals surface area contributed by atoms with Crippen LogP contribution in [0.5, 0.6) is 0 Å². The average Bonchev–Trinajstić information content (AvgIpc) is 2.61. The third-order valence-electron chi connectivity index (χ3n) is 4.13. The normalized spacial score (nSPS) is 13.5. The highest BCUT2D eigenvalue weighted by molar-refractivity contribution is 5.92. The number of nitrogens with zero attached hydrogens (tertiary/aromatic N) is 3. The molecule has 0 bridgehead atoms. The van der Waals surface area contributed by atoms with Crippen LogP contribution < -0.4 is 5.32 Å². The van der Waals surface area contributed by atoms with Crippen LogP contribution in [0.1, 0.15) is 41.4 Å². The molecule has 1 aromatic carbocycles. The Bertz CT molecular complexity index is 669. The van der Waals surface area contributed by atoms with Gasteiger partial charge in [-0.3, -0.25) is 4.79 Å². The summed E-state index contributed by atoms with van der Waals surface area (Å²) in [7, 11) is 0. The minimum Gasteiger partial charge on any atom is -0.369 e. The van der Waals surface area contributed by atoms with E-state index in [1.165, 1.54) is 11.1 Å². The van der Waals surface area contributed by atoms with Crippen molar-refractivity contribution in [3.8, 4) is 0 Å². The van der Waals surface area contributed by atoms with Gasteiger partial charge in [-0.1, -0.05) is 37.6 Å². The summed E-state index contributed by atoms with van der Waals surface area (Å²) in [5.74, 6) is 0.672. The third kappa shape index (κ3) is 3.67. The molecule has 0 spiro atoms. The predicted octanol–water partition coefficient (Wildman–Crippen LogP) is 2.89. The van der Waals surface area contributed by atoms with Gasteiger partial charge in [0, 0.05) is 19.6 Å². The van der Waals surface area contributed by atoms with Crippen molar-refractivity contribution < 1.29 is 4.79 Å². The van der Waals surface area contributed by atoms with Gasteiger partial charge in [-0.2, -0.15) is 0 Å². The topological polar surface area (TPSA) is 58.1 Å². The first kappa shape index (κ1) is 15.5. The molecule has 0 fully saturated rings. The first-order chi connectivity index (χ1) is 11.3. The Kier molecular flexibility index (Phi) is 4.86. The lowest BCUT2D eigenvalue weighted by molar-refractivity contribution is 0.0728. The molecule has 0 aliphatic carbocycles. The van der Waals surface area contributed by atoms with Crippen LogP contribution in [0, 0.1) is 0 Å². The Morgan fingerprint density at radius 3 is 2.78 bits per heavy atom. The molecule has 1 aromatic heterocycles. The highest BCUT2D eigenvalue weighted by Crippen LogP contribution is 2.19. The minimum atomic E-state index is -0.0490. The number of carbonyl (C=O) groups excluding carboxylic acids is 1. The zero-order valence-electron chi connectivity index (χ0n) is 13.5. The maximum atomic E-state index is 12.6. The van der Waals surface area contributed by atoms with Crippen molar-refractivity contribution in [1.82, 2.24) is 14.9 Å². The fraction of sp³-hybridized carbons (Fsp3) is 0.389. The number of amides is 1. The van der Waals surface area contributed by atoms with Crippen LogP contribution in [0.2, 0.25) is 0 Å². The molecular weight excluding hydrogens is 288 g/mol. The summed E-state index contributed by atoms with van der Waals surface area (Å²) < 4.78 is 0. The number of rotatable bonds is 5. The van der Waals surface area contributed by atoms with Crippen molar-refractivity contribution in [2.45, 2.75) is 32.7 Å². The Hall–Kier alpha value is -2.43. The quantitative estimate of drug-likeness (QED) is 0.863. The fourth-order valence-corrected chi connectivity index (χ4v) is 2.75. The summed E-state index contributed by atoms with van der Waals surface area (Å²) in [4.78, 5) is 23.0. The first-order valence-electron chi connectivity index (χ1n) is 8.20. The second kappa shape index (κ2) is 7.22. The monoisotopic (exact) mass is 310 g/mol. The number of fused-ring (bicyclic) bond motifs is 1. The zero-order valence-corrected chi connectivity index (χ0v) is 13.5. The summed E-state index contributed by atoms with van der Waals surface area (Å²) >= 11 is 0. The van der Waals surface area contributed by atoms with Crippen LogP contribution in [-0.2, 0) is 13.0 Å². The number of hydrogen-bond acceptors (Lipinski definition) is 4. The largest absolute Gasteiger partial charge is 0.369 e. The fourth-order valence-electron chi connectivity index (χ4n) is 2.75. The molecule has 2 aromatic rings. The van der Waals surface area contributed by atoms with Gasteiger partial charge in [0.2, 0.25) is 0 Å². The first-order valence-corrected chi connectivity index (χ1v) is 8.20. The number of hydrogen-bond donors (Lipinski definition) is 1. The maximum absolute atomic E-state index is 12.6. The standard InChI is InChI=1S/C18H22N4O/c1-2-3-9-19-17-12-20-16(11-21-17)18(23)22-10-8-14-6-4-5-7-15(14)13-22/h4-7,11-12H,2-3,8-10,13H2,1H3,(H,19,21). The van der Waals surface area contributed by atoms with Crippen molar-refractivity contribution in [1.29, 1.82) is 0 Å². The van der Waals surface area contributed by atoms with E-state index in [4.69, 9.17) is 0 Å². The molecule has 0 saturated carbocycles. The minimum absolute atomic E-state index is 0.0490. The molecule has 3 rings (SSSR count). The summed E-state index contributed by atoms with van der Waals surface area (Å²) in [5, 5.41) is 3.21. The van der Waals surface area contributed by atoms with Gasteiger partial charge in [-0.15, -0.1) is 0 Å². The van der Waals surface area contributed by atoms with Crippen molar-refractivity contribution in [2.75, 3.05) is 18.4 Å². The molecular formula is C18H22N4O. The summed E-state index contributed by atoms with van der Waals surface area (Å²) in [6.07, 6.45) is 6.33. The molecule has 0 radical (unpaired) electrons. The Morgan fingerprint density at radius 2 is 2.04 bits per heavy atom. The molecule has 1 amide bonds. The number of carbonyl (C=O) groups is 1. The SMILES string of the molecule is CCCCNc1cnc(C(=O)N2CCc3ccccc3C2)cn1. The van der Waals surface area contributed by atoms with Crippen LogP contribution in [-0.4, -0.2) is 33.9 Å². The summed E-state index contributed by atoms with van der Waals surface area (Å²) in [6, 6.07) is 8.28. The lowest BCUT2D eigenvalue weighted by Gasteiger charge is -2.28. The van der Waals surface area contributed by atoms with Crippen molar-refractivity contribution in [3.63, 3.8) is 0 Å². The second-order valence-corrected chi connectivity index (χ2v) is 5.81. The summed E-state index contributed by atoms with van der Waals surface area (Å²) in [5.41, 5.74) is 2.96. The molecule has 0 atom stereocenters. The number of unbranched alkanes of at least 4 members (excludes halogenated alkanes) is 1. The zero-order chi connectivity index (χ0) is 16.1. The molecule has 5 heteroatoms. The molecule has 0 saturated heterocycles. The number of anilines is 1. The van der Waals surface area contributed by atoms with Gasteiger partial charge in [-0.05, 0) is 24.0 Å². The van der Waals surface area contributed by atoms with Crippen molar-refractivity contribution >= 4 is 11.7 Å². The Balaban J connectivity index is 1.64.